The highest BCUT2D eigenvalue weighted by Gasteiger charge is 2.36. The number of Topliss-reactive ketones (excluding diaryl/α,β-unsaturated/α-hetero) is 1. The van der Waals surface area contributed by atoms with E-state index in [-0.39, 0.29) is 24.1 Å². The van der Waals surface area contributed by atoms with Crippen molar-refractivity contribution in [3.05, 3.63) is 46.8 Å². The molecule has 124 valence electrons. The molecule has 3 rings (SSSR count). The summed E-state index contributed by atoms with van der Waals surface area (Å²) in [6.45, 7) is 3.48. The normalized spacial score (nSPS) is 20.9. The van der Waals surface area contributed by atoms with Gasteiger partial charge in [-0.15, -0.1) is 11.3 Å². The Hall–Kier alpha value is -2.47. The zero-order valence-corrected chi connectivity index (χ0v) is 14.7. The summed E-state index contributed by atoms with van der Waals surface area (Å²) in [6, 6.07) is 11.7. The number of rotatable bonds is 3. The highest BCUT2D eigenvalue weighted by atomic mass is 32.1. The van der Waals surface area contributed by atoms with Crippen molar-refractivity contribution in [1.82, 2.24) is 4.90 Å². The third kappa shape index (κ3) is 2.85. The maximum Gasteiger partial charge on any atom is 0.231 e. The molecule has 0 bridgehead atoms. The van der Waals surface area contributed by atoms with Crippen molar-refractivity contribution in [2.75, 3.05) is 7.05 Å². The van der Waals surface area contributed by atoms with Crippen LogP contribution in [0, 0.1) is 0 Å². The molecule has 0 saturated heterocycles. The fourth-order valence-corrected chi connectivity index (χ4v) is 3.66. The molecule has 1 unspecified atom stereocenters. The van der Waals surface area contributed by atoms with E-state index in [0.717, 1.165) is 20.9 Å². The van der Waals surface area contributed by atoms with Crippen molar-refractivity contribution in [1.29, 1.82) is 0 Å². The van der Waals surface area contributed by atoms with Gasteiger partial charge in [-0.05, 0) is 43.2 Å². The van der Waals surface area contributed by atoms with Gasteiger partial charge in [0.15, 0.2) is 11.7 Å². The molecule has 2 aromatic rings. The largest absolute Gasteiger partial charge is 0.369 e. The zero-order valence-electron chi connectivity index (χ0n) is 13.9. The number of carbonyl (C=O) groups excluding carboxylic acids is 2. The summed E-state index contributed by atoms with van der Waals surface area (Å²) in [7, 11) is 1.63. The molecular formula is C18H19N3O2S. The molecule has 1 aliphatic heterocycles. The molecule has 1 aromatic carbocycles. The first kappa shape index (κ1) is 16.4. The Kier molecular flexibility index (Phi) is 4.01. The van der Waals surface area contributed by atoms with E-state index in [1.54, 1.807) is 14.0 Å². The number of amides is 1. The lowest BCUT2D eigenvalue weighted by Crippen LogP contribution is -2.47. The van der Waals surface area contributed by atoms with E-state index in [2.05, 4.69) is 4.99 Å². The molecule has 2 heterocycles. The number of carbonyl (C=O) groups is 2. The van der Waals surface area contributed by atoms with Crippen molar-refractivity contribution in [2.45, 2.75) is 25.8 Å². The summed E-state index contributed by atoms with van der Waals surface area (Å²) in [5, 5.41) is 0. The Balaban J connectivity index is 2.01. The Bertz CT molecular complexity index is 855. The van der Waals surface area contributed by atoms with Crippen LogP contribution in [-0.2, 0) is 10.3 Å². The lowest BCUT2D eigenvalue weighted by molar-refractivity contribution is -0.128. The fourth-order valence-electron chi connectivity index (χ4n) is 2.76. The monoisotopic (exact) mass is 341 g/mol. The molecule has 0 fully saturated rings. The zero-order chi connectivity index (χ0) is 17.5. The van der Waals surface area contributed by atoms with Crippen molar-refractivity contribution < 1.29 is 9.59 Å². The van der Waals surface area contributed by atoms with E-state index in [4.69, 9.17) is 5.73 Å². The lowest BCUT2D eigenvalue weighted by Gasteiger charge is -2.33. The van der Waals surface area contributed by atoms with E-state index < -0.39 is 5.54 Å². The Morgan fingerprint density at radius 3 is 2.71 bits per heavy atom. The van der Waals surface area contributed by atoms with Gasteiger partial charge in [0.1, 0.15) is 0 Å². The number of hydrogen-bond acceptors (Lipinski definition) is 5. The summed E-state index contributed by atoms with van der Waals surface area (Å²) in [4.78, 5) is 31.3. The third-order valence-corrected chi connectivity index (χ3v) is 5.53. The van der Waals surface area contributed by atoms with Gasteiger partial charge in [0.05, 0.1) is 16.8 Å². The third-order valence-electron chi connectivity index (χ3n) is 4.30. The van der Waals surface area contributed by atoms with E-state index in [0.29, 0.717) is 0 Å². The van der Waals surface area contributed by atoms with Gasteiger partial charge in [0, 0.05) is 11.9 Å². The maximum atomic E-state index is 12.2. The van der Waals surface area contributed by atoms with E-state index in [1.807, 2.05) is 43.3 Å². The van der Waals surface area contributed by atoms with Crippen molar-refractivity contribution >= 4 is 29.0 Å². The molecule has 1 aromatic heterocycles. The second-order valence-electron chi connectivity index (χ2n) is 6.17. The molecule has 2 N–H and O–H groups in total. The van der Waals surface area contributed by atoms with Gasteiger partial charge in [-0.25, -0.2) is 4.99 Å². The highest BCUT2D eigenvalue weighted by molar-refractivity contribution is 7.17. The number of aliphatic imine (C=N–C) groups is 1. The Morgan fingerprint density at radius 2 is 2.08 bits per heavy atom. The number of hydrogen-bond donors (Lipinski definition) is 1. The maximum absolute atomic E-state index is 12.2. The van der Waals surface area contributed by atoms with E-state index in [9.17, 15) is 9.59 Å². The molecule has 24 heavy (non-hydrogen) atoms. The molecular weight excluding hydrogens is 322 g/mol. The first-order chi connectivity index (χ1) is 11.3. The van der Waals surface area contributed by atoms with Crippen LogP contribution < -0.4 is 5.73 Å². The van der Waals surface area contributed by atoms with Crippen LogP contribution in [0.25, 0.3) is 10.4 Å². The predicted molar refractivity (Wildman–Crippen MR) is 96.1 cm³/mol. The Labute approximate surface area is 144 Å². The van der Waals surface area contributed by atoms with Gasteiger partial charge in [0.25, 0.3) is 0 Å². The molecule has 1 atom stereocenters. The SMILES string of the molecule is CC(=O)c1ccc(-c2cccc(C3(C)CC(=O)N(C)C(N)=N3)c2)s1. The molecule has 0 aliphatic carbocycles. The average molecular weight is 341 g/mol. The molecule has 1 amide bonds. The minimum absolute atomic E-state index is 0.0506. The molecule has 1 aliphatic rings. The molecule has 0 saturated carbocycles. The summed E-state index contributed by atoms with van der Waals surface area (Å²) >= 11 is 1.46. The quantitative estimate of drug-likeness (QED) is 0.872. The Morgan fingerprint density at radius 1 is 1.33 bits per heavy atom. The van der Waals surface area contributed by atoms with Crippen LogP contribution in [0.5, 0.6) is 0 Å². The first-order valence-corrected chi connectivity index (χ1v) is 8.45. The summed E-state index contributed by atoms with van der Waals surface area (Å²) in [6.07, 6.45) is 0.275. The summed E-state index contributed by atoms with van der Waals surface area (Å²) < 4.78 is 0. The van der Waals surface area contributed by atoms with Crippen molar-refractivity contribution in [2.24, 2.45) is 10.7 Å². The molecule has 5 nitrogen and oxygen atoms in total. The smallest absolute Gasteiger partial charge is 0.231 e. The van der Waals surface area contributed by atoms with E-state index >= 15 is 0 Å². The lowest BCUT2D eigenvalue weighted by atomic mass is 9.86. The van der Waals surface area contributed by atoms with Crippen LogP contribution >= 0.6 is 11.3 Å². The number of nitrogens with two attached hydrogens (primary N) is 1. The topological polar surface area (TPSA) is 75.8 Å². The van der Waals surface area contributed by atoms with Crippen LogP contribution in [0.15, 0.2) is 41.4 Å². The standard InChI is InChI=1S/C18H19N3O2S/c1-11(22)14-7-8-15(24-14)12-5-4-6-13(9-12)18(2)10-16(23)21(3)17(19)20-18/h4-9H,10H2,1-3H3,(H2,19,20). The van der Waals surface area contributed by atoms with Gasteiger partial charge in [-0.1, -0.05) is 18.2 Å². The molecule has 0 radical (unpaired) electrons. The number of thiophene rings is 1. The van der Waals surface area contributed by atoms with Crippen molar-refractivity contribution in [3.8, 4) is 10.4 Å². The minimum Gasteiger partial charge on any atom is -0.369 e. The van der Waals surface area contributed by atoms with Gasteiger partial charge in [-0.2, -0.15) is 0 Å². The number of nitrogens with zero attached hydrogens (tertiary/aromatic N) is 2. The first-order valence-electron chi connectivity index (χ1n) is 7.64. The van der Waals surface area contributed by atoms with Gasteiger partial charge in [-0.3, -0.25) is 14.5 Å². The fraction of sp³-hybridized carbons (Fsp3) is 0.278. The number of guanidine groups is 1. The molecule has 0 spiro atoms. The van der Waals surface area contributed by atoms with Gasteiger partial charge < -0.3 is 5.73 Å². The second kappa shape index (κ2) is 5.87. The number of benzene rings is 1. The predicted octanol–water partition coefficient (Wildman–Crippen LogP) is 3.01. The van der Waals surface area contributed by atoms with Crippen LogP contribution in [0.1, 0.15) is 35.5 Å². The highest BCUT2D eigenvalue weighted by Crippen LogP contribution is 2.36. The second-order valence-corrected chi connectivity index (χ2v) is 7.26. The van der Waals surface area contributed by atoms with Crippen LogP contribution in [-0.4, -0.2) is 29.6 Å². The van der Waals surface area contributed by atoms with Crippen LogP contribution in [0.2, 0.25) is 0 Å². The molecule has 6 heteroatoms. The summed E-state index contributed by atoms with van der Waals surface area (Å²) in [5.41, 5.74) is 7.15. The van der Waals surface area contributed by atoms with Crippen molar-refractivity contribution in [3.63, 3.8) is 0 Å². The summed E-state index contributed by atoms with van der Waals surface area (Å²) in [5.74, 6) is 0.243. The van der Waals surface area contributed by atoms with Gasteiger partial charge in [0.2, 0.25) is 5.91 Å². The van der Waals surface area contributed by atoms with E-state index in [1.165, 1.54) is 16.2 Å². The van der Waals surface area contributed by atoms with Crippen LogP contribution in [0.3, 0.4) is 0 Å². The minimum atomic E-state index is -0.676. The van der Waals surface area contributed by atoms with Crippen LogP contribution in [0.4, 0.5) is 0 Å². The number of ketones is 1. The average Bonchev–Trinajstić information content (AvgIpc) is 3.03. The van der Waals surface area contributed by atoms with Gasteiger partial charge >= 0.3 is 0 Å².